The third kappa shape index (κ3) is 3.88. The molecule has 3 nitrogen and oxygen atoms in total. The highest BCUT2D eigenvalue weighted by Crippen LogP contribution is 2.21. The Kier molecular flexibility index (Phi) is 4.72. The van der Waals surface area contributed by atoms with Gasteiger partial charge in [0.05, 0.1) is 18.3 Å². The number of rotatable bonds is 4. The van der Waals surface area contributed by atoms with Crippen LogP contribution in [0.4, 0.5) is 0 Å². The number of aryl methyl sites for hydroxylation is 1. The van der Waals surface area contributed by atoms with Crippen molar-refractivity contribution in [2.75, 3.05) is 6.61 Å². The van der Waals surface area contributed by atoms with E-state index in [1.807, 2.05) is 31.2 Å². The minimum Gasteiger partial charge on any atom is -0.375 e. The van der Waals surface area contributed by atoms with Crippen LogP contribution in [0.5, 0.6) is 0 Å². The maximum atomic E-state index is 12.1. The number of hydrogen-bond acceptors (Lipinski definition) is 3. The summed E-state index contributed by atoms with van der Waals surface area (Å²) in [5.41, 5.74) is 1.76. The van der Waals surface area contributed by atoms with E-state index < -0.39 is 0 Å². The summed E-state index contributed by atoms with van der Waals surface area (Å²) in [5.74, 6) is 0.0601. The largest absolute Gasteiger partial charge is 0.375 e. The van der Waals surface area contributed by atoms with E-state index in [0.29, 0.717) is 0 Å². The highest BCUT2D eigenvalue weighted by atomic mass is 16.5. The highest BCUT2D eigenvalue weighted by molar-refractivity contribution is 5.98. The van der Waals surface area contributed by atoms with Crippen molar-refractivity contribution in [2.45, 2.75) is 51.9 Å². The number of carbonyl (C=O) groups is 1. The first kappa shape index (κ1) is 14.2. The van der Waals surface area contributed by atoms with Crippen LogP contribution in [-0.2, 0) is 9.47 Å². The van der Waals surface area contributed by atoms with Crippen molar-refractivity contribution in [1.29, 1.82) is 0 Å². The van der Waals surface area contributed by atoms with Crippen LogP contribution in [0.2, 0.25) is 0 Å². The van der Waals surface area contributed by atoms with Crippen molar-refractivity contribution in [3.05, 3.63) is 35.4 Å². The van der Waals surface area contributed by atoms with Gasteiger partial charge in [-0.05, 0) is 39.2 Å². The third-order valence-corrected chi connectivity index (χ3v) is 3.55. The summed E-state index contributed by atoms with van der Waals surface area (Å²) < 4.78 is 11.4. The number of ketones is 1. The third-order valence-electron chi connectivity index (χ3n) is 3.55. The van der Waals surface area contributed by atoms with Gasteiger partial charge in [0.15, 0.2) is 5.78 Å². The quantitative estimate of drug-likeness (QED) is 0.782. The number of benzene rings is 1. The molecule has 1 aliphatic rings. The van der Waals surface area contributed by atoms with Gasteiger partial charge in [0.2, 0.25) is 0 Å². The van der Waals surface area contributed by atoms with Crippen LogP contribution < -0.4 is 0 Å². The first-order chi connectivity index (χ1) is 9.06. The number of hydrogen-bond donors (Lipinski definition) is 0. The second kappa shape index (κ2) is 6.31. The Labute approximate surface area is 114 Å². The van der Waals surface area contributed by atoms with E-state index in [1.165, 1.54) is 0 Å². The highest BCUT2D eigenvalue weighted by Gasteiger charge is 2.25. The molecule has 0 aromatic heterocycles. The summed E-state index contributed by atoms with van der Waals surface area (Å²) in [6.07, 6.45) is 2.29. The average Bonchev–Trinajstić information content (AvgIpc) is 2.35. The Balaban J connectivity index is 1.89. The lowest BCUT2D eigenvalue weighted by atomic mass is 10.0. The van der Waals surface area contributed by atoms with Gasteiger partial charge in [-0.15, -0.1) is 0 Å². The van der Waals surface area contributed by atoms with E-state index in [2.05, 4.69) is 13.8 Å². The van der Waals surface area contributed by atoms with Gasteiger partial charge >= 0.3 is 0 Å². The lowest BCUT2D eigenvalue weighted by Gasteiger charge is -2.31. The maximum absolute atomic E-state index is 12.1. The smallest absolute Gasteiger partial charge is 0.188 e. The zero-order valence-electron chi connectivity index (χ0n) is 11.9. The molecule has 3 heteroatoms. The van der Waals surface area contributed by atoms with E-state index in [1.54, 1.807) is 0 Å². The van der Waals surface area contributed by atoms with E-state index in [-0.39, 0.29) is 30.7 Å². The summed E-state index contributed by atoms with van der Waals surface area (Å²) in [6.45, 7) is 6.21. The van der Waals surface area contributed by atoms with Gasteiger partial charge < -0.3 is 9.47 Å². The van der Waals surface area contributed by atoms with Crippen molar-refractivity contribution in [1.82, 2.24) is 0 Å². The minimum atomic E-state index is 0.0601. The molecule has 1 aliphatic heterocycles. The number of carbonyl (C=O) groups excluding carboxylic acids is 1. The lowest BCUT2D eigenvalue weighted by Crippen LogP contribution is -2.35. The van der Waals surface area contributed by atoms with Crippen molar-refractivity contribution >= 4 is 5.78 Å². The molecule has 1 aromatic rings. The van der Waals surface area contributed by atoms with Crippen LogP contribution in [0.15, 0.2) is 24.3 Å². The lowest BCUT2D eigenvalue weighted by molar-refractivity contribution is -0.0975. The number of ether oxygens (including phenoxy) is 2. The fourth-order valence-corrected chi connectivity index (χ4v) is 2.64. The molecular formula is C16H22O3. The average molecular weight is 262 g/mol. The van der Waals surface area contributed by atoms with Gasteiger partial charge in [-0.3, -0.25) is 4.79 Å². The summed E-state index contributed by atoms with van der Waals surface area (Å²) in [4.78, 5) is 12.1. The summed E-state index contributed by atoms with van der Waals surface area (Å²) >= 11 is 0. The first-order valence-electron chi connectivity index (χ1n) is 6.92. The molecule has 0 amide bonds. The van der Waals surface area contributed by atoms with Crippen molar-refractivity contribution in [3.8, 4) is 0 Å². The zero-order chi connectivity index (χ0) is 13.8. The molecule has 104 valence electrons. The van der Waals surface area contributed by atoms with Gasteiger partial charge in [0, 0.05) is 5.56 Å². The molecule has 0 saturated carbocycles. The molecule has 2 rings (SSSR count). The SMILES string of the molecule is Cc1ccccc1C(=O)COC1CC(C)OC(C)C1. The molecule has 1 aromatic carbocycles. The second-order valence-electron chi connectivity index (χ2n) is 5.40. The Bertz CT molecular complexity index is 431. The van der Waals surface area contributed by atoms with Gasteiger partial charge in [-0.1, -0.05) is 24.3 Å². The van der Waals surface area contributed by atoms with E-state index in [0.717, 1.165) is 24.0 Å². The fourth-order valence-electron chi connectivity index (χ4n) is 2.64. The van der Waals surface area contributed by atoms with Crippen LogP contribution in [0.1, 0.15) is 42.6 Å². The molecule has 1 heterocycles. The monoisotopic (exact) mass is 262 g/mol. The molecule has 2 unspecified atom stereocenters. The molecule has 19 heavy (non-hydrogen) atoms. The van der Waals surface area contributed by atoms with E-state index >= 15 is 0 Å². The Morgan fingerprint density at radius 2 is 1.89 bits per heavy atom. The molecule has 0 aliphatic carbocycles. The molecular weight excluding hydrogens is 240 g/mol. The Morgan fingerprint density at radius 1 is 1.26 bits per heavy atom. The normalized spacial score (nSPS) is 27.2. The Hall–Kier alpha value is -1.19. The number of Topliss-reactive ketones (excluding diaryl/α,β-unsaturated/α-hetero) is 1. The van der Waals surface area contributed by atoms with Crippen molar-refractivity contribution in [2.24, 2.45) is 0 Å². The predicted octanol–water partition coefficient (Wildman–Crippen LogP) is 3.15. The maximum Gasteiger partial charge on any atom is 0.188 e. The van der Waals surface area contributed by atoms with Gasteiger partial charge in [0.1, 0.15) is 6.61 Å². The first-order valence-corrected chi connectivity index (χ1v) is 6.92. The van der Waals surface area contributed by atoms with Crippen LogP contribution in [0.25, 0.3) is 0 Å². The zero-order valence-corrected chi connectivity index (χ0v) is 11.9. The topological polar surface area (TPSA) is 35.5 Å². The van der Waals surface area contributed by atoms with Crippen LogP contribution >= 0.6 is 0 Å². The molecule has 1 fully saturated rings. The second-order valence-corrected chi connectivity index (χ2v) is 5.40. The van der Waals surface area contributed by atoms with Gasteiger partial charge in [-0.2, -0.15) is 0 Å². The molecule has 1 saturated heterocycles. The van der Waals surface area contributed by atoms with Crippen LogP contribution in [0.3, 0.4) is 0 Å². The standard InChI is InChI=1S/C16H22O3/c1-11-6-4-5-7-15(11)16(17)10-18-14-8-12(2)19-13(3)9-14/h4-7,12-14H,8-10H2,1-3H3. The van der Waals surface area contributed by atoms with Crippen molar-refractivity contribution < 1.29 is 14.3 Å². The minimum absolute atomic E-state index is 0.0601. The summed E-state index contributed by atoms with van der Waals surface area (Å²) in [7, 11) is 0. The predicted molar refractivity (Wildman–Crippen MR) is 74.5 cm³/mol. The summed E-state index contributed by atoms with van der Waals surface area (Å²) in [5, 5.41) is 0. The van der Waals surface area contributed by atoms with Crippen molar-refractivity contribution in [3.63, 3.8) is 0 Å². The molecule has 0 bridgehead atoms. The molecule has 0 N–H and O–H groups in total. The molecule has 2 atom stereocenters. The Morgan fingerprint density at radius 3 is 2.53 bits per heavy atom. The van der Waals surface area contributed by atoms with E-state index in [9.17, 15) is 4.79 Å². The molecule has 0 radical (unpaired) electrons. The van der Waals surface area contributed by atoms with E-state index in [4.69, 9.17) is 9.47 Å². The van der Waals surface area contributed by atoms with Gasteiger partial charge in [0.25, 0.3) is 0 Å². The fraction of sp³-hybridized carbons (Fsp3) is 0.562. The van der Waals surface area contributed by atoms with Gasteiger partial charge in [-0.25, -0.2) is 0 Å². The van der Waals surface area contributed by atoms with Crippen LogP contribution in [0, 0.1) is 6.92 Å². The molecule has 0 spiro atoms. The summed E-state index contributed by atoms with van der Waals surface area (Å²) in [6, 6.07) is 7.63. The van der Waals surface area contributed by atoms with Crippen LogP contribution in [-0.4, -0.2) is 30.7 Å².